The monoisotopic (exact) mass is 229 g/mol. The smallest absolute Gasteiger partial charge is 0.224 e. The van der Waals surface area contributed by atoms with Gasteiger partial charge in [-0.05, 0) is 6.42 Å². The van der Waals surface area contributed by atoms with E-state index in [1.54, 1.807) is 12.1 Å². The number of allylic oxidation sites excluding steroid dienone is 3. The minimum Gasteiger partial charge on any atom is -0.369 e. The molecule has 1 aromatic rings. The van der Waals surface area contributed by atoms with Crippen molar-refractivity contribution in [2.45, 2.75) is 6.42 Å². The van der Waals surface area contributed by atoms with Gasteiger partial charge in [0.2, 0.25) is 5.91 Å². The van der Waals surface area contributed by atoms with E-state index in [2.05, 4.69) is 0 Å². The average Bonchev–Trinajstić information content (AvgIpc) is 2.41. The molecule has 0 aliphatic heterocycles. The number of rotatable bonds is 2. The molecule has 0 fully saturated rings. The minimum absolute atomic E-state index is 0.0741. The fourth-order valence-corrected chi connectivity index (χ4v) is 1.32. The third-order valence-corrected chi connectivity index (χ3v) is 2.28. The van der Waals surface area contributed by atoms with Gasteiger partial charge in [0.05, 0.1) is 5.92 Å². The first kappa shape index (κ1) is 12.9. The Bertz CT molecular complexity index is 421. The number of hydrogen-bond acceptors (Lipinski definition) is 2. The second kappa shape index (κ2) is 7.17. The summed E-state index contributed by atoms with van der Waals surface area (Å²) in [6.07, 6.45) is 9.11. The lowest BCUT2D eigenvalue weighted by Crippen LogP contribution is -2.21. The van der Waals surface area contributed by atoms with E-state index in [0.29, 0.717) is 0 Å². The number of hydrogen-bond donors (Lipinski definition) is 1. The highest BCUT2D eigenvalue weighted by Crippen LogP contribution is 2.09. The first-order chi connectivity index (χ1) is 8.24. The number of carbonyl (C=O) groups is 2. The quantitative estimate of drug-likeness (QED) is 0.789. The molecule has 0 saturated carbocycles. The number of aldehydes is 1. The van der Waals surface area contributed by atoms with Crippen LogP contribution in [-0.2, 0) is 4.79 Å². The van der Waals surface area contributed by atoms with Crippen molar-refractivity contribution in [1.29, 1.82) is 0 Å². The Balaban J connectivity index is 0.000000171. The van der Waals surface area contributed by atoms with Crippen molar-refractivity contribution in [3.8, 4) is 0 Å². The molecular formula is C14H15NO2. The van der Waals surface area contributed by atoms with Crippen LogP contribution in [0.5, 0.6) is 0 Å². The molecule has 3 nitrogen and oxygen atoms in total. The van der Waals surface area contributed by atoms with Gasteiger partial charge in [-0.25, -0.2) is 0 Å². The highest BCUT2D eigenvalue weighted by Gasteiger charge is 2.09. The molecule has 2 rings (SSSR count). The van der Waals surface area contributed by atoms with E-state index in [9.17, 15) is 9.59 Å². The summed E-state index contributed by atoms with van der Waals surface area (Å²) >= 11 is 0. The van der Waals surface area contributed by atoms with Crippen LogP contribution in [0, 0.1) is 5.92 Å². The topological polar surface area (TPSA) is 60.2 Å². The fourth-order valence-electron chi connectivity index (χ4n) is 1.32. The van der Waals surface area contributed by atoms with Crippen molar-refractivity contribution in [1.82, 2.24) is 0 Å². The lowest BCUT2D eigenvalue weighted by molar-refractivity contribution is -0.120. The van der Waals surface area contributed by atoms with Gasteiger partial charge in [-0.3, -0.25) is 9.59 Å². The lowest BCUT2D eigenvalue weighted by atomic mass is 10.0. The second-order valence-corrected chi connectivity index (χ2v) is 3.59. The molecule has 17 heavy (non-hydrogen) atoms. The maximum Gasteiger partial charge on any atom is 0.224 e. The van der Waals surface area contributed by atoms with Crippen LogP contribution in [0.25, 0.3) is 0 Å². The highest BCUT2D eigenvalue weighted by molar-refractivity contribution is 5.79. The minimum atomic E-state index is -0.240. The molecular weight excluding hydrogens is 214 g/mol. The summed E-state index contributed by atoms with van der Waals surface area (Å²) in [4.78, 5) is 20.5. The molecule has 0 bridgehead atoms. The van der Waals surface area contributed by atoms with Gasteiger partial charge in [0.25, 0.3) is 0 Å². The maximum atomic E-state index is 10.5. The van der Waals surface area contributed by atoms with Crippen LogP contribution < -0.4 is 5.73 Å². The van der Waals surface area contributed by atoms with Crippen LogP contribution in [0.4, 0.5) is 0 Å². The molecule has 3 heteroatoms. The third kappa shape index (κ3) is 4.93. The standard InChI is InChI=1S/C7H9NO.C7H6O/c8-7(9)6-4-2-1-3-5-6;8-6-7-4-2-1-3-5-7/h1-4,6H,5H2,(H2,8,9);1-6H. The number of primary amides is 1. The van der Waals surface area contributed by atoms with Crippen LogP contribution in [-0.4, -0.2) is 12.2 Å². The van der Waals surface area contributed by atoms with E-state index >= 15 is 0 Å². The van der Waals surface area contributed by atoms with Crippen molar-refractivity contribution in [3.05, 3.63) is 60.2 Å². The Labute approximate surface area is 101 Å². The summed E-state index contributed by atoms with van der Waals surface area (Å²) in [6.45, 7) is 0. The van der Waals surface area contributed by atoms with E-state index in [1.165, 1.54) is 0 Å². The summed E-state index contributed by atoms with van der Waals surface area (Å²) in [5.41, 5.74) is 5.77. The normalized spacial score (nSPS) is 16.8. The van der Waals surface area contributed by atoms with Gasteiger partial charge in [0.15, 0.2) is 0 Å². The zero-order valence-electron chi connectivity index (χ0n) is 9.45. The number of carbonyl (C=O) groups excluding carboxylic acids is 2. The Morgan fingerprint density at radius 1 is 1.24 bits per heavy atom. The van der Waals surface area contributed by atoms with Crippen LogP contribution in [0.2, 0.25) is 0 Å². The van der Waals surface area contributed by atoms with Crippen LogP contribution in [0.15, 0.2) is 54.6 Å². The van der Waals surface area contributed by atoms with Crippen LogP contribution in [0.3, 0.4) is 0 Å². The van der Waals surface area contributed by atoms with Gasteiger partial charge >= 0.3 is 0 Å². The summed E-state index contributed by atoms with van der Waals surface area (Å²) in [7, 11) is 0. The highest BCUT2D eigenvalue weighted by atomic mass is 16.1. The fraction of sp³-hybridized carbons (Fsp3) is 0.143. The summed E-state index contributed by atoms with van der Waals surface area (Å²) < 4.78 is 0. The Morgan fingerprint density at radius 3 is 2.29 bits per heavy atom. The van der Waals surface area contributed by atoms with E-state index in [4.69, 9.17) is 5.73 Å². The molecule has 0 saturated heterocycles. The first-order valence-electron chi connectivity index (χ1n) is 5.37. The molecule has 0 heterocycles. The van der Waals surface area contributed by atoms with Crippen molar-refractivity contribution >= 4 is 12.2 Å². The molecule has 88 valence electrons. The molecule has 1 aromatic carbocycles. The van der Waals surface area contributed by atoms with Gasteiger partial charge in [-0.2, -0.15) is 0 Å². The Morgan fingerprint density at radius 2 is 1.94 bits per heavy atom. The van der Waals surface area contributed by atoms with Crippen molar-refractivity contribution in [3.63, 3.8) is 0 Å². The van der Waals surface area contributed by atoms with E-state index in [0.717, 1.165) is 18.3 Å². The Hall–Kier alpha value is -2.16. The zero-order valence-corrected chi connectivity index (χ0v) is 9.45. The summed E-state index contributed by atoms with van der Waals surface area (Å²) in [6, 6.07) is 9.10. The molecule has 1 unspecified atom stereocenters. The molecule has 0 radical (unpaired) electrons. The van der Waals surface area contributed by atoms with Crippen molar-refractivity contribution < 1.29 is 9.59 Å². The van der Waals surface area contributed by atoms with Gasteiger partial charge in [-0.1, -0.05) is 54.6 Å². The molecule has 1 aliphatic rings. The van der Waals surface area contributed by atoms with E-state index in [1.807, 2.05) is 42.5 Å². The summed E-state index contributed by atoms with van der Waals surface area (Å²) in [5, 5.41) is 0. The predicted molar refractivity (Wildman–Crippen MR) is 67.4 cm³/mol. The average molecular weight is 229 g/mol. The molecule has 0 aromatic heterocycles. The zero-order chi connectivity index (χ0) is 12.5. The first-order valence-corrected chi connectivity index (χ1v) is 5.37. The molecule has 1 amide bonds. The Kier molecular flexibility index (Phi) is 5.44. The predicted octanol–water partition coefficient (Wildman–Crippen LogP) is 2.10. The largest absolute Gasteiger partial charge is 0.369 e. The number of nitrogens with two attached hydrogens (primary N) is 1. The van der Waals surface area contributed by atoms with Crippen LogP contribution >= 0.6 is 0 Å². The van der Waals surface area contributed by atoms with Gasteiger partial charge in [0, 0.05) is 5.56 Å². The number of amides is 1. The van der Waals surface area contributed by atoms with E-state index in [-0.39, 0.29) is 11.8 Å². The maximum absolute atomic E-state index is 10.5. The third-order valence-electron chi connectivity index (χ3n) is 2.28. The van der Waals surface area contributed by atoms with Crippen molar-refractivity contribution in [2.75, 3.05) is 0 Å². The molecule has 0 spiro atoms. The lowest BCUT2D eigenvalue weighted by Gasteiger charge is -2.06. The molecule has 2 N–H and O–H groups in total. The molecule has 1 atom stereocenters. The van der Waals surface area contributed by atoms with E-state index < -0.39 is 0 Å². The number of benzene rings is 1. The van der Waals surface area contributed by atoms with Gasteiger partial charge in [-0.15, -0.1) is 0 Å². The summed E-state index contributed by atoms with van der Waals surface area (Å²) in [5.74, 6) is -0.314. The van der Waals surface area contributed by atoms with Crippen LogP contribution in [0.1, 0.15) is 16.8 Å². The SMILES string of the molecule is NC(=O)C1C=CC=CC1.O=Cc1ccccc1. The van der Waals surface area contributed by atoms with Crippen molar-refractivity contribution in [2.24, 2.45) is 11.7 Å². The second-order valence-electron chi connectivity index (χ2n) is 3.59. The van der Waals surface area contributed by atoms with Gasteiger partial charge < -0.3 is 5.73 Å². The molecule has 1 aliphatic carbocycles. The van der Waals surface area contributed by atoms with Gasteiger partial charge in [0.1, 0.15) is 6.29 Å².